The van der Waals surface area contributed by atoms with Gasteiger partial charge in [0, 0.05) is 23.8 Å². The Bertz CT molecular complexity index is 471. The fraction of sp³-hybridized carbons (Fsp3) is 0.308. The van der Waals surface area contributed by atoms with E-state index in [0.717, 1.165) is 16.4 Å². The second kappa shape index (κ2) is 9.54. The Morgan fingerprint density at radius 1 is 1.35 bits per heavy atom. The maximum absolute atomic E-state index is 12.1. The second-order valence-electron chi connectivity index (χ2n) is 4.04. The van der Waals surface area contributed by atoms with E-state index in [0.29, 0.717) is 13.1 Å². The molecule has 0 aliphatic carbocycles. The lowest BCUT2D eigenvalue weighted by atomic mass is 10.3. The zero-order valence-electron chi connectivity index (χ0n) is 10.7. The van der Waals surface area contributed by atoms with Crippen molar-refractivity contribution in [1.82, 2.24) is 4.90 Å². The number of nitrogens with zero attached hydrogens (tertiary/aromatic N) is 1. The molecule has 0 unspecified atom stereocenters. The van der Waals surface area contributed by atoms with Crippen LogP contribution < -0.4 is 5.32 Å². The summed E-state index contributed by atoms with van der Waals surface area (Å²) >= 11 is 6.69. The van der Waals surface area contributed by atoms with E-state index in [1.165, 1.54) is 0 Å². The predicted molar refractivity (Wildman–Crippen MR) is 107 cm³/mol. The molecule has 110 valence electrons. The number of hydrogen-bond acceptors (Lipinski definition) is 3. The number of rotatable bonds is 7. The summed E-state index contributed by atoms with van der Waals surface area (Å²) in [5.74, 6) is -0.0858. The van der Waals surface area contributed by atoms with Crippen LogP contribution in [0.1, 0.15) is 0 Å². The third kappa shape index (κ3) is 6.12. The Kier molecular flexibility index (Phi) is 8.86. The average Bonchev–Trinajstić information content (AvgIpc) is 2.34. The van der Waals surface area contributed by atoms with E-state index in [1.54, 1.807) is 6.08 Å². The highest BCUT2D eigenvalue weighted by Crippen LogP contribution is 2.27. The lowest BCUT2D eigenvalue weighted by molar-refractivity contribution is -0.117. The van der Waals surface area contributed by atoms with Crippen molar-refractivity contribution < 1.29 is 9.90 Å². The van der Waals surface area contributed by atoms with Gasteiger partial charge in [-0.3, -0.25) is 9.69 Å². The fourth-order valence-electron chi connectivity index (χ4n) is 1.60. The van der Waals surface area contributed by atoms with Crippen LogP contribution in [-0.2, 0) is 4.79 Å². The molecule has 0 aliphatic heterocycles. The number of aliphatic hydroxyl groups excluding tert-OH is 1. The Hall–Kier alpha value is 0.540. The van der Waals surface area contributed by atoms with Crippen LogP contribution >= 0.6 is 67.8 Å². The minimum atomic E-state index is -0.0858. The van der Waals surface area contributed by atoms with Crippen LogP contribution in [0, 0.1) is 10.7 Å². The molecule has 0 fully saturated rings. The number of carbonyl (C=O) groups excluding carboxylic acids is 1. The number of aliphatic hydroxyl groups is 1. The van der Waals surface area contributed by atoms with Crippen LogP contribution in [0.3, 0.4) is 0 Å². The van der Waals surface area contributed by atoms with Crippen molar-refractivity contribution in [3.8, 4) is 0 Å². The molecule has 1 rings (SSSR count). The van der Waals surface area contributed by atoms with Gasteiger partial charge in [-0.2, -0.15) is 0 Å². The number of amides is 1. The van der Waals surface area contributed by atoms with Gasteiger partial charge in [-0.1, -0.05) is 6.08 Å². The maximum atomic E-state index is 12.1. The quantitative estimate of drug-likeness (QED) is 0.369. The van der Waals surface area contributed by atoms with Gasteiger partial charge < -0.3 is 10.4 Å². The first-order valence-electron chi connectivity index (χ1n) is 5.86. The van der Waals surface area contributed by atoms with E-state index in [2.05, 4.69) is 79.7 Å². The van der Waals surface area contributed by atoms with Gasteiger partial charge in [-0.05, 0) is 79.9 Å². The number of nitrogens with one attached hydrogen (secondary N) is 1. The Morgan fingerprint density at radius 3 is 2.45 bits per heavy atom. The Labute approximate surface area is 159 Å². The largest absolute Gasteiger partial charge is 0.395 e. The SMILES string of the molecule is C=CCN(CCO)CC(=O)Nc1c(I)cc(I)cc1I. The van der Waals surface area contributed by atoms with Crippen molar-refractivity contribution in [3.63, 3.8) is 0 Å². The predicted octanol–water partition coefficient (Wildman–Crippen LogP) is 2.92. The van der Waals surface area contributed by atoms with Gasteiger partial charge in [0.25, 0.3) is 0 Å². The first-order chi connectivity index (χ1) is 9.47. The Morgan fingerprint density at radius 2 is 1.95 bits per heavy atom. The van der Waals surface area contributed by atoms with E-state index >= 15 is 0 Å². The van der Waals surface area contributed by atoms with Crippen LogP contribution in [0.4, 0.5) is 5.69 Å². The molecule has 0 spiro atoms. The summed E-state index contributed by atoms with van der Waals surface area (Å²) in [7, 11) is 0. The molecule has 0 aromatic heterocycles. The van der Waals surface area contributed by atoms with Gasteiger partial charge in [0.1, 0.15) is 0 Å². The van der Waals surface area contributed by atoms with E-state index in [9.17, 15) is 4.79 Å². The zero-order valence-corrected chi connectivity index (χ0v) is 17.2. The summed E-state index contributed by atoms with van der Waals surface area (Å²) in [6.45, 7) is 4.96. The van der Waals surface area contributed by atoms with Gasteiger partial charge in [0.05, 0.1) is 18.8 Å². The number of carbonyl (C=O) groups is 1. The highest BCUT2D eigenvalue weighted by molar-refractivity contribution is 14.1. The summed E-state index contributed by atoms with van der Waals surface area (Å²) in [4.78, 5) is 13.9. The minimum Gasteiger partial charge on any atom is -0.395 e. The van der Waals surface area contributed by atoms with E-state index in [1.807, 2.05) is 17.0 Å². The lowest BCUT2D eigenvalue weighted by Crippen LogP contribution is -2.35. The van der Waals surface area contributed by atoms with Gasteiger partial charge in [-0.25, -0.2) is 0 Å². The highest BCUT2D eigenvalue weighted by Gasteiger charge is 2.13. The molecule has 0 heterocycles. The van der Waals surface area contributed by atoms with Crippen molar-refractivity contribution >= 4 is 79.4 Å². The molecule has 7 heteroatoms. The zero-order chi connectivity index (χ0) is 15.1. The van der Waals surface area contributed by atoms with E-state index in [-0.39, 0.29) is 19.1 Å². The molecular weight excluding hydrogens is 597 g/mol. The monoisotopic (exact) mass is 612 g/mol. The van der Waals surface area contributed by atoms with Crippen molar-refractivity contribution in [3.05, 3.63) is 35.5 Å². The lowest BCUT2D eigenvalue weighted by Gasteiger charge is -2.19. The average molecular weight is 612 g/mol. The first-order valence-corrected chi connectivity index (χ1v) is 9.10. The normalized spacial score (nSPS) is 10.7. The minimum absolute atomic E-state index is 0.0275. The topological polar surface area (TPSA) is 52.6 Å². The highest BCUT2D eigenvalue weighted by atomic mass is 127. The van der Waals surface area contributed by atoms with E-state index < -0.39 is 0 Å². The van der Waals surface area contributed by atoms with Crippen molar-refractivity contribution in [2.45, 2.75) is 0 Å². The van der Waals surface area contributed by atoms with Crippen LogP contribution in [0.15, 0.2) is 24.8 Å². The molecule has 0 bridgehead atoms. The third-order valence-electron chi connectivity index (χ3n) is 2.44. The number of hydrogen-bond donors (Lipinski definition) is 2. The Balaban J connectivity index is 2.73. The molecule has 4 nitrogen and oxygen atoms in total. The molecule has 1 aromatic carbocycles. The molecule has 0 saturated carbocycles. The smallest absolute Gasteiger partial charge is 0.238 e. The molecular formula is C13H15I3N2O2. The summed E-state index contributed by atoms with van der Waals surface area (Å²) in [5.41, 5.74) is 0.846. The van der Waals surface area contributed by atoms with Crippen LogP contribution in [-0.4, -0.2) is 42.2 Å². The molecule has 0 atom stereocenters. The van der Waals surface area contributed by atoms with Crippen molar-refractivity contribution in [1.29, 1.82) is 0 Å². The molecule has 2 N–H and O–H groups in total. The molecule has 20 heavy (non-hydrogen) atoms. The van der Waals surface area contributed by atoms with Crippen molar-refractivity contribution in [2.24, 2.45) is 0 Å². The summed E-state index contributed by atoms with van der Waals surface area (Å²) < 4.78 is 3.18. The summed E-state index contributed by atoms with van der Waals surface area (Å²) in [6, 6.07) is 4.04. The number of benzene rings is 1. The maximum Gasteiger partial charge on any atom is 0.238 e. The molecule has 0 saturated heterocycles. The third-order valence-corrected chi connectivity index (χ3v) is 4.77. The van der Waals surface area contributed by atoms with Crippen molar-refractivity contribution in [2.75, 3.05) is 31.6 Å². The molecule has 0 aliphatic rings. The number of anilines is 1. The van der Waals surface area contributed by atoms with Gasteiger partial charge in [-0.15, -0.1) is 6.58 Å². The summed E-state index contributed by atoms with van der Waals surface area (Å²) in [5, 5.41) is 11.9. The van der Waals surface area contributed by atoms with Gasteiger partial charge >= 0.3 is 0 Å². The molecule has 0 radical (unpaired) electrons. The van der Waals surface area contributed by atoms with Gasteiger partial charge in [0.2, 0.25) is 5.91 Å². The van der Waals surface area contributed by atoms with Crippen LogP contribution in [0.25, 0.3) is 0 Å². The first kappa shape index (κ1) is 18.6. The fourth-order valence-corrected chi connectivity index (χ4v) is 5.45. The van der Waals surface area contributed by atoms with Gasteiger partial charge in [0.15, 0.2) is 0 Å². The summed E-state index contributed by atoms with van der Waals surface area (Å²) in [6.07, 6.45) is 1.72. The van der Waals surface area contributed by atoms with E-state index in [4.69, 9.17) is 5.11 Å². The second-order valence-corrected chi connectivity index (χ2v) is 7.61. The van der Waals surface area contributed by atoms with Crippen LogP contribution in [0.5, 0.6) is 0 Å². The molecule has 1 amide bonds. The standard InChI is InChI=1S/C13H15I3N2O2/c1-2-3-18(4-5-19)8-12(20)17-13-10(15)6-9(14)7-11(13)16/h2,6-7,19H,1,3-5,8H2,(H,17,20). The number of halogens is 3. The molecule has 1 aromatic rings. The van der Waals surface area contributed by atoms with Crippen LogP contribution in [0.2, 0.25) is 0 Å².